The predicted molar refractivity (Wildman–Crippen MR) is 68.2 cm³/mol. The average Bonchev–Trinajstić information content (AvgIpc) is 2.80. The fourth-order valence-electron chi connectivity index (χ4n) is 2.17. The molecule has 0 amide bonds. The summed E-state index contributed by atoms with van der Waals surface area (Å²) >= 11 is 1.75. The molecule has 1 fully saturated rings. The maximum atomic E-state index is 6.00. The Morgan fingerprint density at radius 2 is 2.29 bits per heavy atom. The molecule has 0 bridgehead atoms. The van der Waals surface area contributed by atoms with E-state index < -0.39 is 0 Å². The summed E-state index contributed by atoms with van der Waals surface area (Å²) in [7, 11) is 1.95. The Morgan fingerprint density at radius 3 is 2.94 bits per heavy atom. The van der Waals surface area contributed by atoms with Gasteiger partial charge >= 0.3 is 0 Å². The molecular weight excluding hydrogens is 236 g/mol. The van der Waals surface area contributed by atoms with Crippen molar-refractivity contribution >= 4 is 11.3 Å². The first-order valence-electron chi connectivity index (χ1n) is 6.12. The lowest BCUT2D eigenvalue weighted by Crippen LogP contribution is -2.36. The lowest BCUT2D eigenvalue weighted by Gasteiger charge is -2.35. The van der Waals surface area contributed by atoms with E-state index in [0.29, 0.717) is 0 Å². The monoisotopic (exact) mass is 256 g/mol. The second-order valence-corrected chi connectivity index (χ2v) is 5.32. The van der Waals surface area contributed by atoms with Gasteiger partial charge in [-0.1, -0.05) is 0 Å². The number of thiazole rings is 1. The van der Waals surface area contributed by atoms with E-state index in [2.05, 4.69) is 10.3 Å². The van der Waals surface area contributed by atoms with E-state index in [-0.39, 0.29) is 5.60 Å². The van der Waals surface area contributed by atoms with Gasteiger partial charge < -0.3 is 14.8 Å². The van der Waals surface area contributed by atoms with Gasteiger partial charge in [0.2, 0.25) is 0 Å². The van der Waals surface area contributed by atoms with E-state index in [9.17, 15) is 0 Å². The highest BCUT2D eigenvalue weighted by Crippen LogP contribution is 2.38. The zero-order valence-corrected chi connectivity index (χ0v) is 11.3. The van der Waals surface area contributed by atoms with Crippen LogP contribution in [0.4, 0.5) is 0 Å². The first kappa shape index (κ1) is 13.0. The van der Waals surface area contributed by atoms with Crippen molar-refractivity contribution in [2.75, 3.05) is 26.9 Å². The summed E-state index contributed by atoms with van der Waals surface area (Å²) in [5, 5.41) is 4.25. The van der Waals surface area contributed by atoms with Gasteiger partial charge in [-0.3, -0.25) is 0 Å². The molecule has 0 aliphatic carbocycles. The van der Waals surface area contributed by atoms with Crippen molar-refractivity contribution in [2.45, 2.75) is 31.9 Å². The SMILES string of the molecule is CCOC1(c2ncc(CNC)s2)CCOCC1. The Morgan fingerprint density at radius 1 is 1.53 bits per heavy atom. The van der Waals surface area contributed by atoms with Crippen LogP contribution in [0.1, 0.15) is 29.7 Å². The van der Waals surface area contributed by atoms with Gasteiger partial charge in [0.1, 0.15) is 10.6 Å². The van der Waals surface area contributed by atoms with Gasteiger partial charge in [0.25, 0.3) is 0 Å². The molecule has 1 aliphatic rings. The standard InChI is InChI=1S/C12H20N2O2S/c1-3-16-12(4-6-15-7-5-12)11-14-9-10(17-11)8-13-2/h9,13H,3-8H2,1-2H3. The molecule has 1 aromatic rings. The number of hydrogen-bond acceptors (Lipinski definition) is 5. The third kappa shape index (κ3) is 2.85. The number of rotatable bonds is 5. The fraction of sp³-hybridized carbons (Fsp3) is 0.750. The van der Waals surface area contributed by atoms with Crippen LogP contribution in [0.5, 0.6) is 0 Å². The molecule has 96 valence electrons. The van der Waals surface area contributed by atoms with Gasteiger partial charge in [0.15, 0.2) is 0 Å². The van der Waals surface area contributed by atoms with Crippen molar-refractivity contribution in [3.8, 4) is 0 Å². The normalized spacial score (nSPS) is 19.4. The molecule has 2 rings (SSSR count). The van der Waals surface area contributed by atoms with Crippen LogP contribution in [0.15, 0.2) is 6.20 Å². The molecule has 1 aromatic heterocycles. The quantitative estimate of drug-likeness (QED) is 0.874. The molecule has 1 saturated heterocycles. The lowest BCUT2D eigenvalue weighted by molar-refractivity contribution is -0.112. The summed E-state index contributed by atoms with van der Waals surface area (Å²) in [6, 6.07) is 0. The summed E-state index contributed by atoms with van der Waals surface area (Å²) in [4.78, 5) is 5.80. The number of nitrogens with zero attached hydrogens (tertiary/aromatic N) is 1. The van der Waals surface area contributed by atoms with Crippen LogP contribution in [0, 0.1) is 0 Å². The van der Waals surface area contributed by atoms with Gasteiger partial charge in [-0.05, 0) is 14.0 Å². The lowest BCUT2D eigenvalue weighted by atomic mass is 9.95. The molecule has 5 heteroatoms. The van der Waals surface area contributed by atoms with Crippen LogP contribution >= 0.6 is 11.3 Å². The first-order chi connectivity index (χ1) is 8.30. The first-order valence-corrected chi connectivity index (χ1v) is 6.94. The van der Waals surface area contributed by atoms with Crippen molar-refractivity contribution < 1.29 is 9.47 Å². The third-order valence-corrected chi connectivity index (χ3v) is 4.20. The predicted octanol–water partition coefficient (Wildman–Crippen LogP) is 1.90. The topological polar surface area (TPSA) is 43.4 Å². The van der Waals surface area contributed by atoms with Crippen molar-refractivity contribution in [1.29, 1.82) is 0 Å². The Hall–Kier alpha value is -0.490. The molecule has 2 heterocycles. The van der Waals surface area contributed by atoms with E-state index in [1.54, 1.807) is 11.3 Å². The number of ether oxygens (including phenoxy) is 2. The van der Waals surface area contributed by atoms with E-state index in [1.165, 1.54) is 4.88 Å². The smallest absolute Gasteiger partial charge is 0.125 e. The van der Waals surface area contributed by atoms with E-state index in [4.69, 9.17) is 9.47 Å². The zero-order valence-electron chi connectivity index (χ0n) is 10.5. The van der Waals surface area contributed by atoms with E-state index in [0.717, 1.165) is 44.2 Å². The van der Waals surface area contributed by atoms with Gasteiger partial charge in [-0.25, -0.2) is 4.98 Å². The molecule has 4 nitrogen and oxygen atoms in total. The van der Waals surface area contributed by atoms with Gasteiger partial charge in [-0.15, -0.1) is 11.3 Å². The number of nitrogens with one attached hydrogen (secondary N) is 1. The molecular formula is C12H20N2O2S. The third-order valence-electron chi connectivity index (χ3n) is 3.02. The Balaban J connectivity index is 2.18. The molecule has 0 aromatic carbocycles. The molecule has 0 saturated carbocycles. The average molecular weight is 256 g/mol. The summed E-state index contributed by atoms with van der Waals surface area (Å²) in [5.74, 6) is 0. The molecule has 17 heavy (non-hydrogen) atoms. The van der Waals surface area contributed by atoms with Crippen molar-refractivity contribution in [1.82, 2.24) is 10.3 Å². The molecule has 0 atom stereocenters. The van der Waals surface area contributed by atoms with Crippen molar-refractivity contribution in [2.24, 2.45) is 0 Å². The molecule has 0 spiro atoms. The Bertz CT molecular complexity index is 343. The number of hydrogen-bond donors (Lipinski definition) is 1. The molecule has 0 radical (unpaired) electrons. The van der Waals surface area contributed by atoms with E-state index >= 15 is 0 Å². The minimum absolute atomic E-state index is 0.205. The van der Waals surface area contributed by atoms with E-state index in [1.807, 2.05) is 20.2 Å². The van der Waals surface area contributed by atoms with Crippen LogP contribution < -0.4 is 5.32 Å². The van der Waals surface area contributed by atoms with Crippen LogP contribution in [-0.2, 0) is 21.6 Å². The maximum Gasteiger partial charge on any atom is 0.125 e. The number of aromatic nitrogens is 1. The van der Waals surface area contributed by atoms with Crippen molar-refractivity contribution in [3.05, 3.63) is 16.1 Å². The largest absolute Gasteiger partial charge is 0.381 e. The van der Waals surface area contributed by atoms with Crippen LogP contribution in [0.25, 0.3) is 0 Å². The summed E-state index contributed by atoms with van der Waals surface area (Å²) in [6.07, 6.45) is 3.77. The second-order valence-electron chi connectivity index (χ2n) is 4.20. The van der Waals surface area contributed by atoms with Gasteiger partial charge in [0, 0.05) is 50.3 Å². The Labute approximate surface area is 106 Å². The van der Waals surface area contributed by atoms with Crippen LogP contribution in [0.2, 0.25) is 0 Å². The highest BCUT2D eigenvalue weighted by atomic mass is 32.1. The summed E-state index contributed by atoms with van der Waals surface area (Å²) < 4.78 is 11.4. The summed E-state index contributed by atoms with van der Waals surface area (Å²) in [5.41, 5.74) is -0.205. The minimum atomic E-state index is -0.205. The summed E-state index contributed by atoms with van der Waals surface area (Å²) in [6.45, 7) is 5.17. The highest BCUT2D eigenvalue weighted by Gasteiger charge is 2.37. The van der Waals surface area contributed by atoms with Crippen LogP contribution in [-0.4, -0.2) is 31.9 Å². The fourth-order valence-corrected chi connectivity index (χ4v) is 3.30. The Kier molecular flexibility index (Phi) is 4.50. The maximum absolute atomic E-state index is 6.00. The molecule has 0 unspecified atom stereocenters. The van der Waals surface area contributed by atoms with Crippen molar-refractivity contribution in [3.63, 3.8) is 0 Å². The highest BCUT2D eigenvalue weighted by molar-refractivity contribution is 7.11. The van der Waals surface area contributed by atoms with Crippen LogP contribution in [0.3, 0.4) is 0 Å². The minimum Gasteiger partial charge on any atom is -0.381 e. The van der Waals surface area contributed by atoms with Gasteiger partial charge in [0.05, 0.1) is 0 Å². The molecule has 1 N–H and O–H groups in total. The molecule has 1 aliphatic heterocycles. The van der Waals surface area contributed by atoms with Gasteiger partial charge in [-0.2, -0.15) is 0 Å². The zero-order chi connectivity index (χ0) is 12.1. The second kappa shape index (κ2) is 5.91.